The number of hydrogen-bond donors (Lipinski definition) is 2. The Morgan fingerprint density at radius 2 is 1.69 bits per heavy atom. The van der Waals surface area contributed by atoms with E-state index in [1.807, 2.05) is 12.1 Å². The van der Waals surface area contributed by atoms with Crippen LogP contribution < -0.4 is 9.47 Å². The largest absolute Gasteiger partial charge is 0.493 e. The van der Waals surface area contributed by atoms with E-state index < -0.39 is 6.29 Å². The molecule has 2 N–H and O–H groups in total. The zero-order valence-electron chi connectivity index (χ0n) is 8.93. The molecular formula is C11H12O4S. The van der Waals surface area contributed by atoms with Gasteiger partial charge in [-0.05, 0) is 17.5 Å². The minimum atomic E-state index is -1.44. The molecule has 2 rings (SSSR count). The molecule has 0 aliphatic carbocycles. The highest BCUT2D eigenvalue weighted by Gasteiger charge is 2.11. The van der Waals surface area contributed by atoms with Crippen LogP contribution in [-0.4, -0.2) is 24.4 Å². The van der Waals surface area contributed by atoms with Crippen molar-refractivity contribution in [1.82, 2.24) is 0 Å². The topological polar surface area (TPSA) is 58.9 Å². The zero-order valence-corrected chi connectivity index (χ0v) is 9.75. The van der Waals surface area contributed by atoms with Gasteiger partial charge in [0.05, 0.1) is 19.1 Å². The Morgan fingerprint density at radius 3 is 2.25 bits per heavy atom. The van der Waals surface area contributed by atoms with Gasteiger partial charge in [0.15, 0.2) is 17.8 Å². The molecule has 2 aromatic rings. The quantitative estimate of drug-likeness (QED) is 0.804. The number of rotatable bonds is 3. The Hall–Kier alpha value is -1.30. The van der Waals surface area contributed by atoms with Gasteiger partial charge in [-0.3, -0.25) is 0 Å². The molecule has 0 fully saturated rings. The fraction of sp³-hybridized carbons (Fsp3) is 0.273. The standard InChI is InChI=1S/C11H12O4S/c1-14-7-3-6-4-10(11(12)13)16-9(6)5-8(7)15-2/h3-5,11-13H,1-2H3. The summed E-state index contributed by atoms with van der Waals surface area (Å²) < 4.78 is 11.3. The van der Waals surface area contributed by atoms with Crippen molar-refractivity contribution in [3.8, 4) is 11.5 Å². The Bertz CT molecular complexity index is 463. The van der Waals surface area contributed by atoms with E-state index in [-0.39, 0.29) is 0 Å². The van der Waals surface area contributed by atoms with Crippen LogP contribution in [-0.2, 0) is 0 Å². The number of ether oxygens (including phenoxy) is 2. The predicted molar refractivity (Wildman–Crippen MR) is 62.1 cm³/mol. The van der Waals surface area contributed by atoms with E-state index >= 15 is 0 Å². The average Bonchev–Trinajstić information content (AvgIpc) is 2.69. The fourth-order valence-electron chi connectivity index (χ4n) is 1.51. The Balaban J connectivity index is 2.60. The van der Waals surface area contributed by atoms with E-state index in [1.165, 1.54) is 11.3 Å². The lowest BCUT2D eigenvalue weighted by molar-refractivity contribution is -0.0394. The molecule has 0 aliphatic heterocycles. The first-order chi connectivity index (χ1) is 7.65. The third-order valence-corrected chi connectivity index (χ3v) is 3.43. The summed E-state index contributed by atoms with van der Waals surface area (Å²) in [4.78, 5) is 0.505. The number of fused-ring (bicyclic) bond motifs is 1. The minimum absolute atomic E-state index is 0.505. The number of benzene rings is 1. The van der Waals surface area contributed by atoms with Crippen molar-refractivity contribution in [3.05, 3.63) is 23.1 Å². The van der Waals surface area contributed by atoms with Crippen LogP contribution in [0.25, 0.3) is 10.1 Å². The molecule has 0 atom stereocenters. The molecule has 0 aliphatic rings. The summed E-state index contributed by atoms with van der Waals surface area (Å²) >= 11 is 1.32. The van der Waals surface area contributed by atoms with Gasteiger partial charge in [0.25, 0.3) is 0 Å². The van der Waals surface area contributed by atoms with Crippen LogP contribution in [0.1, 0.15) is 11.2 Å². The minimum Gasteiger partial charge on any atom is -0.493 e. The van der Waals surface area contributed by atoms with Crippen molar-refractivity contribution >= 4 is 21.4 Å². The summed E-state index contributed by atoms with van der Waals surface area (Å²) in [6, 6.07) is 5.37. The lowest BCUT2D eigenvalue weighted by atomic mass is 10.2. The van der Waals surface area contributed by atoms with Crippen molar-refractivity contribution in [1.29, 1.82) is 0 Å². The zero-order chi connectivity index (χ0) is 11.7. The van der Waals surface area contributed by atoms with Gasteiger partial charge in [-0.15, -0.1) is 11.3 Å². The van der Waals surface area contributed by atoms with Gasteiger partial charge in [0, 0.05) is 10.8 Å². The Labute approximate surface area is 96.7 Å². The van der Waals surface area contributed by atoms with Crippen LogP contribution in [0.3, 0.4) is 0 Å². The molecule has 16 heavy (non-hydrogen) atoms. The van der Waals surface area contributed by atoms with E-state index in [2.05, 4.69) is 0 Å². The van der Waals surface area contributed by atoms with Crippen LogP contribution in [0.2, 0.25) is 0 Å². The highest BCUT2D eigenvalue weighted by atomic mass is 32.1. The number of hydrogen-bond acceptors (Lipinski definition) is 5. The fourth-order valence-corrected chi connectivity index (χ4v) is 2.46. The van der Waals surface area contributed by atoms with Crippen molar-refractivity contribution in [3.63, 3.8) is 0 Å². The van der Waals surface area contributed by atoms with Gasteiger partial charge in [-0.1, -0.05) is 0 Å². The molecule has 5 heteroatoms. The van der Waals surface area contributed by atoms with Crippen LogP contribution in [0, 0.1) is 0 Å². The average molecular weight is 240 g/mol. The molecule has 0 spiro atoms. The predicted octanol–water partition coefficient (Wildman–Crippen LogP) is 1.90. The van der Waals surface area contributed by atoms with Gasteiger partial charge < -0.3 is 19.7 Å². The van der Waals surface area contributed by atoms with Crippen LogP contribution in [0.15, 0.2) is 18.2 Å². The Morgan fingerprint density at radius 1 is 1.06 bits per heavy atom. The third kappa shape index (κ3) is 1.84. The first-order valence-corrected chi connectivity index (χ1v) is 5.49. The normalized spacial score (nSPS) is 11.1. The van der Waals surface area contributed by atoms with E-state index in [1.54, 1.807) is 20.3 Å². The first-order valence-electron chi connectivity index (χ1n) is 4.67. The number of methoxy groups -OCH3 is 2. The molecular weight excluding hydrogens is 228 g/mol. The first kappa shape index (κ1) is 11.2. The molecule has 0 amide bonds. The summed E-state index contributed by atoms with van der Waals surface area (Å²) in [6.45, 7) is 0. The summed E-state index contributed by atoms with van der Waals surface area (Å²) in [5.74, 6) is 1.27. The molecule has 0 radical (unpaired) electrons. The molecule has 0 saturated carbocycles. The lowest BCUT2D eigenvalue weighted by Gasteiger charge is -2.06. The van der Waals surface area contributed by atoms with Gasteiger partial charge in [0.2, 0.25) is 0 Å². The van der Waals surface area contributed by atoms with Gasteiger partial charge in [-0.2, -0.15) is 0 Å². The highest BCUT2D eigenvalue weighted by molar-refractivity contribution is 7.19. The van der Waals surface area contributed by atoms with Crippen molar-refractivity contribution in [2.45, 2.75) is 6.29 Å². The SMILES string of the molecule is COc1cc2cc(C(O)O)sc2cc1OC. The summed E-state index contributed by atoms with van der Waals surface area (Å²) in [6.07, 6.45) is -1.44. The summed E-state index contributed by atoms with van der Waals surface area (Å²) in [5, 5.41) is 19.1. The molecule has 1 aromatic heterocycles. The molecule has 1 aromatic carbocycles. The van der Waals surface area contributed by atoms with Gasteiger partial charge in [0.1, 0.15) is 0 Å². The van der Waals surface area contributed by atoms with Gasteiger partial charge in [-0.25, -0.2) is 0 Å². The van der Waals surface area contributed by atoms with E-state index in [0.29, 0.717) is 16.4 Å². The van der Waals surface area contributed by atoms with Crippen LogP contribution in [0.5, 0.6) is 11.5 Å². The highest BCUT2D eigenvalue weighted by Crippen LogP contribution is 2.37. The third-order valence-electron chi connectivity index (χ3n) is 2.30. The van der Waals surface area contributed by atoms with Gasteiger partial charge >= 0.3 is 0 Å². The molecule has 0 bridgehead atoms. The van der Waals surface area contributed by atoms with E-state index in [0.717, 1.165) is 10.1 Å². The molecule has 0 unspecified atom stereocenters. The second-order valence-corrected chi connectivity index (χ2v) is 4.38. The maximum Gasteiger partial charge on any atom is 0.188 e. The number of thiophene rings is 1. The second-order valence-electron chi connectivity index (χ2n) is 3.27. The molecule has 1 heterocycles. The van der Waals surface area contributed by atoms with Crippen molar-refractivity contribution < 1.29 is 19.7 Å². The molecule has 0 saturated heterocycles. The van der Waals surface area contributed by atoms with E-state index in [9.17, 15) is 0 Å². The number of aliphatic hydroxyl groups is 2. The summed E-state index contributed by atoms with van der Waals surface area (Å²) in [7, 11) is 3.14. The van der Waals surface area contributed by atoms with Crippen LogP contribution in [0.4, 0.5) is 0 Å². The monoisotopic (exact) mass is 240 g/mol. The Kier molecular flexibility index (Phi) is 3.00. The molecule has 86 valence electrons. The lowest BCUT2D eigenvalue weighted by Crippen LogP contribution is -1.89. The smallest absolute Gasteiger partial charge is 0.188 e. The maximum absolute atomic E-state index is 9.08. The second kappa shape index (κ2) is 4.29. The van der Waals surface area contributed by atoms with Crippen molar-refractivity contribution in [2.75, 3.05) is 14.2 Å². The maximum atomic E-state index is 9.08. The summed E-state index contributed by atoms with van der Waals surface area (Å²) in [5.41, 5.74) is 0. The van der Waals surface area contributed by atoms with Crippen LogP contribution >= 0.6 is 11.3 Å². The van der Waals surface area contributed by atoms with Crippen molar-refractivity contribution in [2.24, 2.45) is 0 Å². The van der Waals surface area contributed by atoms with E-state index in [4.69, 9.17) is 19.7 Å². The molecule has 4 nitrogen and oxygen atoms in total. The number of aliphatic hydroxyl groups excluding tert-OH is 1.